The van der Waals surface area contributed by atoms with Gasteiger partial charge in [0.2, 0.25) is 5.91 Å². The number of aliphatic imine (C=N–C) groups is 1. The molecule has 0 radical (unpaired) electrons. The molecule has 2 aromatic rings. The van der Waals surface area contributed by atoms with Crippen molar-refractivity contribution in [2.24, 2.45) is 4.99 Å². The Morgan fingerprint density at radius 1 is 1.08 bits per heavy atom. The van der Waals surface area contributed by atoms with Crippen LogP contribution < -0.4 is 10.1 Å². The fraction of sp³-hybridized carbons (Fsp3) is 0.296. The average Bonchev–Trinajstić information content (AvgIpc) is 3.30. The molecule has 0 aromatic heterocycles. The second kappa shape index (κ2) is 11.9. The van der Waals surface area contributed by atoms with Gasteiger partial charge in [-0.15, -0.1) is 0 Å². The Morgan fingerprint density at radius 2 is 1.83 bits per heavy atom. The van der Waals surface area contributed by atoms with Gasteiger partial charge in [-0.25, -0.2) is 9.79 Å². The number of amides is 1. The number of rotatable bonds is 10. The van der Waals surface area contributed by atoms with E-state index < -0.39 is 12.0 Å². The molecule has 8 nitrogen and oxygen atoms in total. The van der Waals surface area contributed by atoms with Gasteiger partial charge < -0.3 is 24.4 Å². The molecule has 36 heavy (non-hydrogen) atoms. The van der Waals surface area contributed by atoms with Crippen molar-refractivity contribution in [2.75, 3.05) is 34.0 Å². The summed E-state index contributed by atoms with van der Waals surface area (Å²) in [6, 6.07) is 16.6. The highest BCUT2D eigenvalue weighted by Gasteiger charge is 2.42. The van der Waals surface area contributed by atoms with E-state index in [1.807, 2.05) is 64.9 Å². The maximum atomic E-state index is 13.5. The van der Waals surface area contributed by atoms with Gasteiger partial charge >= 0.3 is 5.97 Å². The van der Waals surface area contributed by atoms with E-state index in [2.05, 4.69) is 5.32 Å². The zero-order valence-electron chi connectivity index (χ0n) is 20.5. The SMILES string of the molecule is CCOC(=O)C1=C(c2ccccc2)N=C2SC=C(CC(=O)NCCOC)N2C1c1ccc(OC)cc1. The Bertz CT molecular complexity index is 1190. The maximum Gasteiger partial charge on any atom is 0.338 e. The largest absolute Gasteiger partial charge is 0.497 e. The van der Waals surface area contributed by atoms with E-state index in [4.69, 9.17) is 19.2 Å². The molecule has 1 amide bonds. The average molecular weight is 508 g/mol. The summed E-state index contributed by atoms with van der Waals surface area (Å²) in [5, 5.41) is 5.48. The Morgan fingerprint density at radius 3 is 2.50 bits per heavy atom. The summed E-state index contributed by atoms with van der Waals surface area (Å²) in [5.41, 5.74) is 3.41. The second-order valence-corrected chi connectivity index (χ2v) is 8.87. The van der Waals surface area contributed by atoms with Crippen LogP contribution in [0, 0.1) is 0 Å². The fourth-order valence-corrected chi connectivity index (χ4v) is 5.03. The molecular weight excluding hydrogens is 478 g/mol. The predicted octanol–water partition coefficient (Wildman–Crippen LogP) is 4.12. The summed E-state index contributed by atoms with van der Waals surface area (Å²) in [6.45, 7) is 2.86. The zero-order valence-corrected chi connectivity index (χ0v) is 21.3. The van der Waals surface area contributed by atoms with E-state index in [-0.39, 0.29) is 18.9 Å². The van der Waals surface area contributed by atoms with Crippen molar-refractivity contribution in [1.82, 2.24) is 10.2 Å². The van der Waals surface area contributed by atoms with Gasteiger partial charge in [0.1, 0.15) is 5.75 Å². The van der Waals surface area contributed by atoms with Crippen molar-refractivity contribution < 1.29 is 23.8 Å². The van der Waals surface area contributed by atoms with Gasteiger partial charge in [-0.05, 0) is 30.0 Å². The molecule has 0 fully saturated rings. The van der Waals surface area contributed by atoms with Crippen molar-refractivity contribution in [3.05, 3.63) is 82.4 Å². The number of thioether (sulfide) groups is 1. The Balaban J connectivity index is 1.81. The Kier molecular flexibility index (Phi) is 8.45. The van der Waals surface area contributed by atoms with Gasteiger partial charge in [0.25, 0.3) is 0 Å². The van der Waals surface area contributed by atoms with Crippen LogP contribution >= 0.6 is 11.8 Å². The second-order valence-electron chi connectivity index (χ2n) is 8.04. The van der Waals surface area contributed by atoms with Crippen molar-refractivity contribution in [3.8, 4) is 5.75 Å². The van der Waals surface area contributed by atoms with E-state index in [9.17, 15) is 9.59 Å². The van der Waals surface area contributed by atoms with Crippen LogP contribution in [0.2, 0.25) is 0 Å². The molecule has 1 N–H and O–H groups in total. The molecule has 2 aromatic carbocycles. The minimum atomic E-state index is -0.536. The first kappa shape index (κ1) is 25.5. The molecule has 0 saturated heterocycles. The number of methoxy groups -OCH3 is 2. The molecule has 4 rings (SSSR count). The lowest BCUT2D eigenvalue weighted by Gasteiger charge is -2.36. The minimum Gasteiger partial charge on any atom is -0.497 e. The molecule has 0 spiro atoms. The molecule has 0 aliphatic carbocycles. The summed E-state index contributed by atoms with van der Waals surface area (Å²) in [7, 11) is 3.20. The van der Waals surface area contributed by atoms with Gasteiger partial charge in [-0.2, -0.15) is 0 Å². The zero-order chi connectivity index (χ0) is 25.5. The molecule has 2 aliphatic rings. The number of nitrogens with zero attached hydrogens (tertiary/aromatic N) is 2. The van der Waals surface area contributed by atoms with Gasteiger partial charge in [0, 0.05) is 24.9 Å². The number of esters is 1. The summed E-state index contributed by atoms with van der Waals surface area (Å²) in [5.74, 6) is 0.127. The molecule has 0 bridgehead atoms. The number of carbonyl (C=O) groups is 2. The Hall–Kier alpha value is -3.56. The fourth-order valence-electron chi connectivity index (χ4n) is 4.11. The lowest BCUT2D eigenvalue weighted by Crippen LogP contribution is -2.38. The van der Waals surface area contributed by atoms with Crippen LogP contribution in [0.15, 0.2) is 76.3 Å². The highest BCUT2D eigenvalue weighted by atomic mass is 32.2. The first-order chi connectivity index (χ1) is 17.6. The van der Waals surface area contributed by atoms with E-state index in [1.165, 1.54) is 11.8 Å². The number of hydrogen-bond donors (Lipinski definition) is 1. The number of ether oxygens (including phenoxy) is 3. The van der Waals surface area contributed by atoms with Crippen LogP contribution in [0.3, 0.4) is 0 Å². The van der Waals surface area contributed by atoms with Crippen LogP contribution in [-0.2, 0) is 19.1 Å². The van der Waals surface area contributed by atoms with E-state index in [0.29, 0.717) is 35.3 Å². The highest BCUT2D eigenvalue weighted by molar-refractivity contribution is 8.16. The third-order valence-electron chi connectivity index (χ3n) is 5.75. The molecular formula is C27H29N3O5S. The van der Waals surface area contributed by atoms with Crippen molar-refractivity contribution >= 4 is 34.5 Å². The molecule has 188 valence electrons. The van der Waals surface area contributed by atoms with Crippen LogP contribution in [0.1, 0.15) is 30.5 Å². The summed E-state index contributed by atoms with van der Waals surface area (Å²) >= 11 is 1.43. The first-order valence-electron chi connectivity index (χ1n) is 11.7. The van der Waals surface area contributed by atoms with Gasteiger partial charge in [-0.3, -0.25) is 4.79 Å². The lowest BCUT2D eigenvalue weighted by atomic mass is 9.91. The number of nitrogens with one attached hydrogen (secondary N) is 1. The van der Waals surface area contributed by atoms with E-state index >= 15 is 0 Å². The van der Waals surface area contributed by atoms with Crippen molar-refractivity contribution in [1.29, 1.82) is 0 Å². The number of hydrogen-bond acceptors (Lipinski definition) is 8. The standard InChI is InChI=1S/C27H29N3O5S/c1-4-35-26(32)23-24(18-8-6-5-7-9-18)29-27-30(25(23)19-10-12-21(34-3)13-11-19)20(17-36-27)16-22(31)28-14-15-33-2/h5-13,17,25H,4,14-16H2,1-3H3,(H,28,31). The summed E-state index contributed by atoms with van der Waals surface area (Å²) in [4.78, 5) is 33.0. The predicted molar refractivity (Wildman–Crippen MR) is 140 cm³/mol. The summed E-state index contributed by atoms with van der Waals surface area (Å²) in [6.07, 6.45) is 0.138. The first-order valence-corrected chi connectivity index (χ1v) is 12.5. The molecule has 9 heteroatoms. The van der Waals surface area contributed by atoms with Crippen LogP contribution in [0.25, 0.3) is 5.70 Å². The number of amidine groups is 1. The monoisotopic (exact) mass is 507 g/mol. The minimum absolute atomic E-state index is 0.135. The van der Waals surface area contributed by atoms with Crippen molar-refractivity contribution in [3.63, 3.8) is 0 Å². The normalized spacial score (nSPS) is 16.8. The third-order valence-corrected chi connectivity index (χ3v) is 6.64. The van der Waals surface area contributed by atoms with Gasteiger partial charge in [0.15, 0.2) is 5.17 Å². The number of carbonyl (C=O) groups excluding carboxylic acids is 2. The summed E-state index contributed by atoms with van der Waals surface area (Å²) < 4.78 is 15.9. The molecule has 1 unspecified atom stereocenters. The number of fused-ring (bicyclic) bond motifs is 1. The van der Waals surface area contributed by atoms with E-state index in [1.54, 1.807) is 21.1 Å². The van der Waals surface area contributed by atoms with Crippen LogP contribution in [0.5, 0.6) is 5.75 Å². The molecule has 0 saturated carbocycles. The third kappa shape index (κ3) is 5.47. The van der Waals surface area contributed by atoms with Crippen LogP contribution in [-0.4, -0.2) is 55.9 Å². The van der Waals surface area contributed by atoms with E-state index in [0.717, 1.165) is 16.8 Å². The lowest BCUT2D eigenvalue weighted by molar-refractivity contribution is -0.139. The van der Waals surface area contributed by atoms with Crippen LogP contribution in [0.4, 0.5) is 0 Å². The van der Waals surface area contributed by atoms with Crippen molar-refractivity contribution in [2.45, 2.75) is 19.4 Å². The maximum absolute atomic E-state index is 13.5. The molecule has 1 atom stereocenters. The number of benzene rings is 2. The Labute approximate surface area is 215 Å². The smallest absolute Gasteiger partial charge is 0.338 e. The molecule has 2 aliphatic heterocycles. The quantitative estimate of drug-likeness (QED) is 0.382. The topological polar surface area (TPSA) is 89.5 Å². The van der Waals surface area contributed by atoms with Gasteiger partial charge in [-0.1, -0.05) is 54.2 Å². The van der Waals surface area contributed by atoms with Gasteiger partial charge in [0.05, 0.1) is 44.1 Å². The molecule has 2 heterocycles. The highest BCUT2D eigenvalue weighted by Crippen LogP contribution is 2.47.